The van der Waals surface area contributed by atoms with Crippen molar-refractivity contribution in [2.24, 2.45) is 0 Å². The minimum absolute atomic E-state index is 0.400. The molecule has 2 heteroatoms. The maximum absolute atomic E-state index is 5.39. The molecule has 0 heterocycles. The van der Waals surface area contributed by atoms with Gasteiger partial charge in [0.25, 0.3) is 0 Å². The third kappa shape index (κ3) is 4.02. The normalized spacial score (nSPS) is 11.7. The molecule has 0 aliphatic heterocycles. The molecule has 0 N–H and O–H groups in total. The number of hydrogen-bond acceptors (Lipinski definition) is 2. The largest absolute Gasteiger partial charge is 0.236 e. The zero-order valence-electron chi connectivity index (χ0n) is 9.53. The van der Waals surface area contributed by atoms with Crippen molar-refractivity contribution in [2.75, 3.05) is 6.61 Å². The van der Waals surface area contributed by atoms with Gasteiger partial charge in [-0.1, -0.05) is 43.7 Å². The SMILES string of the molecule is [CH2]CCCOOC(C)(C)c1ccccc1. The van der Waals surface area contributed by atoms with E-state index >= 15 is 0 Å². The van der Waals surface area contributed by atoms with E-state index in [0.29, 0.717) is 6.61 Å². The molecule has 1 aromatic carbocycles. The molecule has 0 aliphatic carbocycles. The van der Waals surface area contributed by atoms with Gasteiger partial charge in [-0.05, 0) is 25.8 Å². The Morgan fingerprint density at radius 1 is 1.20 bits per heavy atom. The van der Waals surface area contributed by atoms with Crippen LogP contribution in [0.4, 0.5) is 0 Å². The van der Waals surface area contributed by atoms with Gasteiger partial charge >= 0.3 is 0 Å². The van der Waals surface area contributed by atoms with Crippen molar-refractivity contribution in [3.05, 3.63) is 42.8 Å². The molecule has 0 saturated heterocycles. The Labute approximate surface area is 92.1 Å². The highest BCUT2D eigenvalue weighted by Gasteiger charge is 2.22. The van der Waals surface area contributed by atoms with Crippen LogP contribution < -0.4 is 0 Å². The zero-order chi connectivity index (χ0) is 11.1. The van der Waals surface area contributed by atoms with Crippen LogP contribution >= 0.6 is 0 Å². The molecule has 0 aliphatic rings. The molecule has 2 nitrogen and oxygen atoms in total. The Kier molecular flexibility index (Phi) is 4.79. The molecule has 0 aromatic heterocycles. The first kappa shape index (κ1) is 12.2. The summed E-state index contributed by atoms with van der Waals surface area (Å²) in [6.45, 7) is 8.32. The molecule has 0 saturated carbocycles. The highest BCUT2D eigenvalue weighted by atomic mass is 17.2. The van der Waals surface area contributed by atoms with E-state index in [4.69, 9.17) is 9.78 Å². The van der Waals surface area contributed by atoms with Gasteiger partial charge in [0.15, 0.2) is 0 Å². The topological polar surface area (TPSA) is 18.5 Å². The van der Waals surface area contributed by atoms with Crippen LogP contribution in [0.5, 0.6) is 0 Å². The lowest BCUT2D eigenvalue weighted by molar-refractivity contribution is -0.358. The quantitative estimate of drug-likeness (QED) is 0.404. The summed E-state index contributed by atoms with van der Waals surface area (Å²) in [6.07, 6.45) is 1.79. The minimum atomic E-state index is -0.400. The molecule has 0 atom stereocenters. The fourth-order valence-corrected chi connectivity index (χ4v) is 1.24. The van der Waals surface area contributed by atoms with Gasteiger partial charge in [-0.2, -0.15) is 0 Å². The Balaban J connectivity index is 2.45. The highest BCUT2D eigenvalue weighted by Crippen LogP contribution is 2.24. The van der Waals surface area contributed by atoms with Gasteiger partial charge in [0, 0.05) is 0 Å². The third-order valence-electron chi connectivity index (χ3n) is 2.21. The van der Waals surface area contributed by atoms with E-state index in [2.05, 4.69) is 6.92 Å². The van der Waals surface area contributed by atoms with Gasteiger partial charge in [-0.15, -0.1) is 0 Å². The summed E-state index contributed by atoms with van der Waals surface area (Å²) < 4.78 is 0. The van der Waals surface area contributed by atoms with Crippen molar-refractivity contribution in [1.29, 1.82) is 0 Å². The van der Waals surface area contributed by atoms with E-state index in [1.807, 2.05) is 44.2 Å². The summed E-state index contributed by atoms with van der Waals surface area (Å²) in [5.74, 6) is 0. The summed E-state index contributed by atoms with van der Waals surface area (Å²) in [6, 6.07) is 10.0. The lowest BCUT2D eigenvalue weighted by Crippen LogP contribution is -2.22. The maximum atomic E-state index is 5.39. The van der Waals surface area contributed by atoms with E-state index in [1.165, 1.54) is 0 Å². The fourth-order valence-electron chi connectivity index (χ4n) is 1.24. The van der Waals surface area contributed by atoms with E-state index in [9.17, 15) is 0 Å². The number of unbranched alkanes of at least 4 members (excludes halogenated alkanes) is 1. The molecule has 1 radical (unpaired) electrons. The van der Waals surface area contributed by atoms with Crippen molar-refractivity contribution in [1.82, 2.24) is 0 Å². The number of hydrogen-bond donors (Lipinski definition) is 0. The van der Waals surface area contributed by atoms with Crippen LogP contribution in [0.15, 0.2) is 30.3 Å². The lowest BCUT2D eigenvalue weighted by atomic mass is 9.99. The standard InChI is InChI=1S/C13H19O2/c1-4-5-11-14-15-13(2,3)12-9-7-6-8-10-12/h6-10H,1,4-5,11H2,2-3H3. The monoisotopic (exact) mass is 207 g/mol. The van der Waals surface area contributed by atoms with E-state index in [0.717, 1.165) is 18.4 Å². The summed E-state index contributed by atoms with van der Waals surface area (Å²) in [5, 5.41) is 0. The first-order chi connectivity index (χ1) is 7.17. The molecule has 1 aromatic rings. The lowest BCUT2D eigenvalue weighted by Gasteiger charge is -2.23. The van der Waals surface area contributed by atoms with E-state index < -0.39 is 5.60 Å². The molecule has 0 unspecified atom stereocenters. The second-order valence-corrected chi connectivity index (χ2v) is 3.99. The fraction of sp³-hybridized carbons (Fsp3) is 0.462. The van der Waals surface area contributed by atoms with Gasteiger partial charge in [0.05, 0.1) is 6.61 Å². The smallest absolute Gasteiger partial charge is 0.123 e. The van der Waals surface area contributed by atoms with Gasteiger partial charge in [-0.25, -0.2) is 9.78 Å². The average Bonchev–Trinajstić information content (AvgIpc) is 2.26. The van der Waals surface area contributed by atoms with Crippen molar-refractivity contribution < 1.29 is 9.78 Å². The molecule has 0 spiro atoms. The summed E-state index contributed by atoms with van der Waals surface area (Å²) in [4.78, 5) is 10.5. The van der Waals surface area contributed by atoms with Crippen LogP contribution in [-0.4, -0.2) is 6.61 Å². The van der Waals surface area contributed by atoms with E-state index in [-0.39, 0.29) is 0 Å². The number of benzene rings is 1. The molecule has 15 heavy (non-hydrogen) atoms. The van der Waals surface area contributed by atoms with Crippen molar-refractivity contribution in [3.63, 3.8) is 0 Å². The van der Waals surface area contributed by atoms with Gasteiger partial charge < -0.3 is 0 Å². The first-order valence-corrected chi connectivity index (χ1v) is 5.32. The van der Waals surface area contributed by atoms with Crippen LogP contribution in [0, 0.1) is 6.92 Å². The van der Waals surface area contributed by atoms with Crippen LogP contribution in [-0.2, 0) is 15.4 Å². The third-order valence-corrected chi connectivity index (χ3v) is 2.21. The highest BCUT2D eigenvalue weighted by molar-refractivity contribution is 5.20. The predicted octanol–water partition coefficient (Wildman–Crippen LogP) is 3.48. The maximum Gasteiger partial charge on any atom is 0.123 e. The van der Waals surface area contributed by atoms with Gasteiger partial charge in [-0.3, -0.25) is 0 Å². The van der Waals surface area contributed by atoms with Crippen LogP contribution in [0.3, 0.4) is 0 Å². The second kappa shape index (κ2) is 5.89. The van der Waals surface area contributed by atoms with Crippen molar-refractivity contribution in [3.8, 4) is 0 Å². The van der Waals surface area contributed by atoms with E-state index in [1.54, 1.807) is 0 Å². The predicted molar refractivity (Wildman–Crippen MR) is 61.1 cm³/mol. The summed E-state index contributed by atoms with van der Waals surface area (Å²) >= 11 is 0. The molecular weight excluding hydrogens is 188 g/mol. The minimum Gasteiger partial charge on any atom is -0.236 e. The van der Waals surface area contributed by atoms with Gasteiger partial charge in [0.2, 0.25) is 0 Å². The molecule has 1 rings (SSSR count). The Bertz CT molecular complexity index is 267. The average molecular weight is 207 g/mol. The molecule has 0 fully saturated rings. The van der Waals surface area contributed by atoms with Gasteiger partial charge in [0.1, 0.15) is 5.60 Å². The molecule has 0 amide bonds. The second-order valence-electron chi connectivity index (χ2n) is 3.99. The summed E-state index contributed by atoms with van der Waals surface area (Å²) in [7, 11) is 0. The number of rotatable bonds is 6. The summed E-state index contributed by atoms with van der Waals surface area (Å²) in [5.41, 5.74) is 0.710. The first-order valence-electron chi connectivity index (χ1n) is 5.32. The van der Waals surface area contributed by atoms with Crippen molar-refractivity contribution in [2.45, 2.75) is 32.3 Å². The molecular formula is C13H19O2. The molecule has 0 bridgehead atoms. The Hall–Kier alpha value is -0.860. The Morgan fingerprint density at radius 3 is 2.47 bits per heavy atom. The molecule has 83 valence electrons. The van der Waals surface area contributed by atoms with Crippen LogP contribution in [0.25, 0.3) is 0 Å². The van der Waals surface area contributed by atoms with Crippen molar-refractivity contribution >= 4 is 0 Å². The zero-order valence-corrected chi connectivity index (χ0v) is 9.53. The van der Waals surface area contributed by atoms with Crippen LogP contribution in [0.1, 0.15) is 32.3 Å². The Morgan fingerprint density at radius 2 is 1.87 bits per heavy atom. The van der Waals surface area contributed by atoms with Crippen LogP contribution in [0.2, 0.25) is 0 Å².